The maximum Gasteiger partial charge on any atom is 0.573 e. The molecule has 0 atom stereocenters. The van der Waals surface area contributed by atoms with Gasteiger partial charge in [0.2, 0.25) is 10.0 Å². The number of halogens is 3. The lowest BCUT2D eigenvalue weighted by atomic mass is 10.1. The molecule has 0 spiro atoms. The zero-order valence-electron chi connectivity index (χ0n) is 14.0. The van der Waals surface area contributed by atoms with Crippen molar-refractivity contribution < 1.29 is 34.7 Å². The molecule has 0 amide bonds. The highest BCUT2D eigenvalue weighted by Gasteiger charge is 2.31. The normalized spacial score (nSPS) is 12.7. The van der Waals surface area contributed by atoms with Crippen molar-refractivity contribution in [2.45, 2.75) is 30.0 Å². The van der Waals surface area contributed by atoms with E-state index in [4.69, 9.17) is 5.14 Å². The van der Waals surface area contributed by atoms with Crippen molar-refractivity contribution in [3.05, 3.63) is 47.5 Å². The van der Waals surface area contributed by atoms with Gasteiger partial charge in [-0.25, -0.2) is 22.0 Å². The van der Waals surface area contributed by atoms with Crippen LogP contribution in [0.1, 0.15) is 11.1 Å². The van der Waals surface area contributed by atoms with Gasteiger partial charge in [0, 0.05) is 0 Å². The smallest absolute Gasteiger partial charge is 0.406 e. The van der Waals surface area contributed by atoms with Crippen molar-refractivity contribution in [1.82, 2.24) is 0 Å². The van der Waals surface area contributed by atoms with E-state index in [0.717, 1.165) is 30.3 Å². The van der Waals surface area contributed by atoms with Crippen molar-refractivity contribution >= 4 is 25.7 Å². The maximum atomic E-state index is 12.5. The number of hydrogen-bond acceptors (Lipinski definition) is 5. The van der Waals surface area contributed by atoms with Crippen molar-refractivity contribution in [2.24, 2.45) is 5.14 Å². The molecule has 0 unspecified atom stereocenters. The summed E-state index contributed by atoms with van der Waals surface area (Å²) in [6, 6.07) is 5.91. The van der Waals surface area contributed by atoms with Crippen LogP contribution in [0.25, 0.3) is 0 Å². The first-order valence-electron chi connectivity index (χ1n) is 7.22. The Labute approximate surface area is 154 Å². The second kappa shape index (κ2) is 7.02. The number of ether oxygens (including phenoxy) is 1. The summed E-state index contributed by atoms with van der Waals surface area (Å²) >= 11 is 0. The average Bonchev–Trinajstić information content (AvgIpc) is 2.49. The van der Waals surface area contributed by atoms with E-state index in [1.54, 1.807) is 13.8 Å². The lowest BCUT2D eigenvalue weighted by Gasteiger charge is -2.14. The third-order valence-electron chi connectivity index (χ3n) is 3.58. The molecule has 27 heavy (non-hydrogen) atoms. The zero-order valence-corrected chi connectivity index (χ0v) is 15.7. The molecule has 148 valence electrons. The Hall–Kier alpha value is -2.31. The summed E-state index contributed by atoms with van der Waals surface area (Å²) in [7, 11) is -8.26. The highest BCUT2D eigenvalue weighted by molar-refractivity contribution is 7.92. The molecule has 0 aliphatic heterocycles. The Kier molecular flexibility index (Phi) is 5.46. The summed E-state index contributed by atoms with van der Waals surface area (Å²) in [4.78, 5) is -0.618. The minimum Gasteiger partial charge on any atom is -0.406 e. The molecule has 2 aromatic carbocycles. The fourth-order valence-corrected chi connectivity index (χ4v) is 3.86. The van der Waals surface area contributed by atoms with Crippen molar-refractivity contribution in [3.8, 4) is 5.75 Å². The van der Waals surface area contributed by atoms with Crippen LogP contribution in [0, 0.1) is 13.8 Å². The third-order valence-corrected chi connectivity index (χ3v) is 5.86. The number of anilines is 1. The van der Waals surface area contributed by atoms with E-state index in [-0.39, 0.29) is 15.5 Å². The van der Waals surface area contributed by atoms with E-state index < -0.39 is 32.2 Å². The van der Waals surface area contributed by atoms with Crippen molar-refractivity contribution in [1.29, 1.82) is 0 Å². The van der Waals surface area contributed by atoms with Crippen molar-refractivity contribution in [3.63, 3.8) is 0 Å². The molecule has 0 aliphatic carbocycles. The summed E-state index contributed by atoms with van der Waals surface area (Å²) in [5.41, 5.74) is 0.922. The van der Waals surface area contributed by atoms with Gasteiger partial charge in [0.15, 0.2) is 0 Å². The second-order valence-corrected chi connectivity index (χ2v) is 8.83. The van der Waals surface area contributed by atoms with E-state index in [1.165, 1.54) is 6.07 Å². The molecule has 2 aromatic rings. The van der Waals surface area contributed by atoms with Gasteiger partial charge < -0.3 is 4.74 Å². The number of alkyl halides is 3. The summed E-state index contributed by atoms with van der Waals surface area (Å²) in [5.74, 6) is -0.579. The first kappa shape index (κ1) is 21.0. The monoisotopic (exact) mass is 424 g/mol. The fraction of sp³-hybridized carbons (Fsp3) is 0.200. The fourth-order valence-electron chi connectivity index (χ4n) is 2.12. The SMILES string of the molecule is Cc1cc(S(N)(=O)=O)cc(NS(=O)(=O)c2ccc(OC(F)(F)F)cc2)c1C. The third kappa shape index (κ3) is 5.34. The molecule has 0 heterocycles. The number of sulfonamides is 2. The Bertz CT molecular complexity index is 1060. The van der Waals surface area contributed by atoms with Crippen LogP contribution in [0.4, 0.5) is 18.9 Å². The van der Waals surface area contributed by atoms with Crippen molar-refractivity contribution in [2.75, 3.05) is 4.72 Å². The van der Waals surface area contributed by atoms with Gasteiger partial charge in [0.05, 0.1) is 15.5 Å². The minimum atomic E-state index is -4.90. The lowest BCUT2D eigenvalue weighted by molar-refractivity contribution is -0.274. The van der Waals surface area contributed by atoms with Crippen LogP contribution in [0.5, 0.6) is 5.75 Å². The molecule has 0 saturated carbocycles. The molecule has 7 nitrogen and oxygen atoms in total. The molecule has 0 aliphatic rings. The molecule has 12 heteroatoms. The van der Waals surface area contributed by atoms with Crippen LogP contribution in [-0.2, 0) is 20.0 Å². The van der Waals surface area contributed by atoms with Crippen LogP contribution in [0.15, 0.2) is 46.2 Å². The Morgan fingerprint density at radius 2 is 1.52 bits per heavy atom. The molecule has 0 bridgehead atoms. The molecular formula is C15H15F3N2O5S2. The number of rotatable bonds is 5. The molecule has 0 saturated heterocycles. The average molecular weight is 424 g/mol. The summed E-state index contributed by atoms with van der Waals surface area (Å²) in [5, 5.41) is 5.08. The second-order valence-electron chi connectivity index (χ2n) is 5.58. The number of nitrogens with one attached hydrogen (secondary N) is 1. The Morgan fingerprint density at radius 3 is 2.00 bits per heavy atom. The molecular weight excluding hydrogens is 409 g/mol. The highest BCUT2D eigenvalue weighted by atomic mass is 32.2. The summed E-state index contributed by atoms with van der Waals surface area (Å²) < 4.78 is 90.4. The first-order chi connectivity index (χ1) is 12.2. The number of primary sulfonamides is 1. The van der Waals surface area contributed by atoms with E-state index >= 15 is 0 Å². The maximum absolute atomic E-state index is 12.5. The number of hydrogen-bond donors (Lipinski definition) is 2. The van der Waals surface area contributed by atoms with Crippen LogP contribution >= 0.6 is 0 Å². The molecule has 3 N–H and O–H groups in total. The van der Waals surface area contributed by atoms with Crippen LogP contribution < -0.4 is 14.6 Å². The molecule has 0 radical (unpaired) electrons. The van der Waals surface area contributed by atoms with E-state index in [2.05, 4.69) is 9.46 Å². The number of nitrogens with two attached hydrogens (primary N) is 1. The lowest BCUT2D eigenvalue weighted by Crippen LogP contribution is -2.18. The summed E-state index contributed by atoms with van der Waals surface area (Å²) in [6.07, 6.45) is -4.90. The van der Waals surface area contributed by atoms with Gasteiger partial charge in [-0.15, -0.1) is 13.2 Å². The predicted octanol–water partition coefficient (Wildman–Crippen LogP) is 2.65. The van der Waals surface area contributed by atoms with Crippen LogP contribution in [-0.4, -0.2) is 23.2 Å². The topological polar surface area (TPSA) is 116 Å². The van der Waals surface area contributed by atoms with Gasteiger partial charge in [-0.05, 0) is 61.4 Å². The van der Waals surface area contributed by atoms with Gasteiger partial charge in [-0.1, -0.05) is 0 Å². The molecule has 0 aromatic heterocycles. The zero-order chi connectivity index (χ0) is 20.6. The van der Waals surface area contributed by atoms with Gasteiger partial charge in [0.1, 0.15) is 5.75 Å². The predicted molar refractivity (Wildman–Crippen MR) is 91.2 cm³/mol. The number of benzene rings is 2. The standard InChI is InChI=1S/C15H15F3N2O5S2/c1-9-7-13(26(19,21)22)8-14(10(9)2)20-27(23,24)12-5-3-11(4-6-12)25-15(16,17)18/h3-8,20H,1-2H3,(H2,19,21,22). The highest BCUT2D eigenvalue weighted by Crippen LogP contribution is 2.28. The quantitative estimate of drug-likeness (QED) is 0.766. The van der Waals surface area contributed by atoms with E-state index in [9.17, 15) is 30.0 Å². The van der Waals surface area contributed by atoms with Gasteiger partial charge in [0.25, 0.3) is 10.0 Å². The minimum absolute atomic E-state index is 0.0188. The summed E-state index contributed by atoms with van der Waals surface area (Å²) in [6.45, 7) is 3.14. The Balaban J connectivity index is 2.38. The molecule has 0 fully saturated rings. The van der Waals surface area contributed by atoms with Gasteiger partial charge in [-0.2, -0.15) is 0 Å². The van der Waals surface area contributed by atoms with E-state index in [1.807, 2.05) is 0 Å². The number of aryl methyl sites for hydroxylation is 1. The van der Waals surface area contributed by atoms with Crippen LogP contribution in [0.3, 0.4) is 0 Å². The van der Waals surface area contributed by atoms with Gasteiger partial charge in [-0.3, -0.25) is 4.72 Å². The van der Waals surface area contributed by atoms with Crippen LogP contribution in [0.2, 0.25) is 0 Å². The first-order valence-corrected chi connectivity index (χ1v) is 10.2. The Morgan fingerprint density at radius 1 is 0.963 bits per heavy atom. The molecule has 2 rings (SSSR count). The van der Waals surface area contributed by atoms with E-state index in [0.29, 0.717) is 11.1 Å². The van der Waals surface area contributed by atoms with Gasteiger partial charge >= 0.3 is 6.36 Å². The largest absolute Gasteiger partial charge is 0.573 e.